The van der Waals surface area contributed by atoms with Crippen LogP contribution < -0.4 is 0 Å². The molecule has 0 saturated carbocycles. The summed E-state index contributed by atoms with van der Waals surface area (Å²) in [5, 5.41) is 0. The summed E-state index contributed by atoms with van der Waals surface area (Å²) in [5.41, 5.74) is 0. The first-order valence-electron chi connectivity index (χ1n) is 4.05. The van der Waals surface area contributed by atoms with Gasteiger partial charge in [-0.3, -0.25) is 4.79 Å². The van der Waals surface area contributed by atoms with Crippen LogP contribution in [0.15, 0.2) is 18.7 Å². The summed E-state index contributed by atoms with van der Waals surface area (Å²) >= 11 is 0. The molecule has 64 valence electrons. The Kier molecular flexibility index (Phi) is 1.60. The number of aromatic nitrogens is 2. The highest BCUT2D eigenvalue weighted by Crippen LogP contribution is 2.14. The van der Waals surface area contributed by atoms with Crippen molar-refractivity contribution in [2.45, 2.75) is 13.0 Å². The summed E-state index contributed by atoms with van der Waals surface area (Å²) in [6, 6.07) is -0.102. The molecule has 4 heteroatoms. The van der Waals surface area contributed by atoms with Crippen molar-refractivity contribution < 1.29 is 4.79 Å². The number of imidazole rings is 1. The van der Waals surface area contributed by atoms with Crippen molar-refractivity contribution in [3.05, 3.63) is 18.7 Å². The van der Waals surface area contributed by atoms with Gasteiger partial charge in [0.05, 0.1) is 6.33 Å². The van der Waals surface area contributed by atoms with Gasteiger partial charge in [-0.05, 0) is 6.92 Å². The molecule has 0 aromatic carbocycles. The molecule has 2 heterocycles. The van der Waals surface area contributed by atoms with Crippen molar-refractivity contribution >= 4 is 5.91 Å². The van der Waals surface area contributed by atoms with Crippen LogP contribution in [0.4, 0.5) is 0 Å². The molecule has 1 amide bonds. The molecule has 1 saturated heterocycles. The Bertz CT molecular complexity index is 277. The Labute approximate surface area is 70.8 Å². The Morgan fingerprint density at radius 1 is 1.58 bits per heavy atom. The van der Waals surface area contributed by atoms with Crippen molar-refractivity contribution in [2.24, 2.45) is 0 Å². The molecule has 1 unspecified atom stereocenters. The van der Waals surface area contributed by atoms with Crippen molar-refractivity contribution in [2.75, 3.05) is 13.1 Å². The molecule has 1 fully saturated rings. The zero-order valence-corrected chi connectivity index (χ0v) is 6.97. The minimum Gasteiger partial charge on any atom is -0.337 e. The largest absolute Gasteiger partial charge is 0.337 e. The fraction of sp³-hybridized carbons (Fsp3) is 0.500. The summed E-state index contributed by atoms with van der Waals surface area (Å²) in [6.07, 6.45) is 5.17. The van der Waals surface area contributed by atoms with Crippen LogP contribution in [0.25, 0.3) is 0 Å². The van der Waals surface area contributed by atoms with E-state index in [1.807, 2.05) is 22.6 Å². The standard InChI is InChI=1S/C8H11N3O/c1-7(8(12)10-4-5-10)11-3-2-9-6-11/h2-3,6-7H,4-5H2,1H3. The molecule has 1 aromatic heterocycles. The quantitative estimate of drug-likeness (QED) is 0.590. The van der Waals surface area contributed by atoms with Gasteiger partial charge in [0.2, 0.25) is 5.91 Å². The molecular weight excluding hydrogens is 154 g/mol. The first-order valence-corrected chi connectivity index (χ1v) is 4.05. The van der Waals surface area contributed by atoms with Crippen molar-refractivity contribution in [1.29, 1.82) is 0 Å². The molecule has 0 spiro atoms. The van der Waals surface area contributed by atoms with Gasteiger partial charge in [-0.15, -0.1) is 0 Å². The van der Waals surface area contributed by atoms with E-state index in [0.29, 0.717) is 0 Å². The van der Waals surface area contributed by atoms with Crippen LogP contribution in [0.1, 0.15) is 13.0 Å². The Morgan fingerprint density at radius 2 is 2.33 bits per heavy atom. The van der Waals surface area contributed by atoms with Crippen LogP contribution in [0.5, 0.6) is 0 Å². The Hall–Kier alpha value is -1.32. The van der Waals surface area contributed by atoms with Crippen molar-refractivity contribution in [3.63, 3.8) is 0 Å². The minimum atomic E-state index is -0.102. The van der Waals surface area contributed by atoms with Gasteiger partial charge >= 0.3 is 0 Å². The number of hydrogen-bond donors (Lipinski definition) is 0. The maximum Gasteiger partial charge on any atom is 0.245 e. The molecule has 4 nitrogen and oxygen atoms in total. The predicted molar refractivity (Wildman–Crippen MR) is 43.5 cm³/mol. The molecule has 0 N–H and O–H groups in total. The third kappa shape index (κ3) is 1.20. The maximum atomic E-state index is 11.5. The van der Waals surface area contributed by atoms with Crippen LogP contribution >= 0.6 is 0 Å². The fourth-order valence-corrected chi connectivity index (χ4v) is 1.16. The van der Waals surface area contributed by atoms with Crippen molar-refractivity contribution in [1.82, 2.24) is 14.5 Å². The van der Waals surface area contributed by atoms with Crippen LogP contribution in [-0.4, -0.2) is 33.4 Å². The zero-order chi connectivity index (χ0) is 8.55. The van der Waals surface area contributed by atoms with E-state index in [4.69, 9.17) is 0 Å². The SMILES string of the molecule is CC(C(=O)N1CC1)n1ccnc1. The minimum absolute atomic E-state index is 0.102. The van der Waals surface area contributed by atoms with Crippen LogP contribution in [0.3, 0.4) is 0 Å². The highest BCUT2D eigenvalue weighted by atomic mass is 16.2. The molecule has 0 bridgehead atoms. The normalized spacial score (nSPS) is 17.6. The van der Waals surface area contributed by atoms with E-state index in [1.165, 1.54) is 0 Å². The number of carbonyl (C=O) groups excluding carboxylic acids is 1. The summed E-state index contributed by atoms with van der Waals surface area (Å²) < 4.78 is 1.82. The number of nitrogens with zero attached hydrogens (tertiary/aromatic N) is 3. The zero-order valence-electron chi connectivity index (χ0n) is 6.97. The number of hydrogen-bond acceptors (Lipinski definition) is 2. The van der Waals surface area contributed by atoms with E-state index < -0.39 is 0 Å². The summed E-state index contributed by atoms with van der Waals surface area (Å²) in [6.45, 7) is 3.72. The van der Waals surface area contributed by atoms with E-state index in [1.54, 1.807) is 12.5 Å². The summed E-state index contributed by atoms with van der Waals surface area (Å²) in [7, 11) is 0. The van der Waals surface area contributed by atoms with Gasteiger partial charge in [0, 0.05) is 25.5 Å². The second kappa shape index (κ2) is 2.62. The first kappa shape index (κ1) is 7.34. The van der Waals surface area contributed by atoms with Gasteiger partial charge < -0.3 is 9.47 Å². The highest BCUT2D eigenvalue weighted by Gasteiger charge is 2.28. The number of rotatable bonds is 2. The molecule has 0 radical (unpaired) electrons. The number of carbonyl (C=O) groups is 1. The van der Waals surface area contributed by atoms with Gasteiger partial charge in [-0.1, -0.05) is 0 Å². The smallest absolute Gasteiger partial charge is 0.245 e. The van der Waals surface area contributed by atoms with E-state index in [0.717, 1.165) is 13.1 Å². The monoisotopic (exact) mass is 165 g/mol. The van der Waals surface area contributed by atoms with Crippen molar-refractivity contribution in [3.8, 4) is 0 Å². The molecule has 1 atom stereocenters. The molecule has 1 aromatic rings. The topological polar surface area (TPSA) is 37.9 Å². The Balaban J connectivity index is 2.08. The lowest BCUT2D eigenvalue weighted by atomic mass is 10.3. The van der Waals surface area contributed by atoms with E-state index >= 15 is 0 Å². The lowest BCUT2D eigenvalue weighted by Gasteiger charge is -2.11. The van der Waals surface area contributed by atoms with Gasteiger partial charge in [0.15, 0.2) is 0 Å². The van der Waals surface area contributed by atoms with E-state index in [-0.39, 0.29) is 11.9 Å². The molecular formula is C8H11N3O. The van der Waals surface area contributed by atoms with E-state index in [9.17, 15) is 4.79 Å². The lowest BCUT2D eigenvalue weighted by molar-refractivity contribution is -0.128. The van der Waals surface area contributed by atoms with Crippen LogP contribution in [0, 0.1) is 0 Å². The molecule has 1 aliphatic rings. The highest BCUT2D eigenvalue weighted by molar-refractivity contribution is 5.81. The molecule has 12 heavy (non-hydrogen) atoms. The lowest BCUT2D eigenvalue weighted by Crippen LogP contribution is -2.22. The first-order chi connectivity index (χ1) is 5.79. The van der Waals surface area contributed by atoms with Gasteiger partial charge in [0.1, 0.15) is 6.04 Å². The number of amides is 1. The molecule has 0 aliphatic carbocycles. The second-order valence-electron chi connectivity index (χ2n) is 3.01. The average molecular weight is 165 g/mol. The van der Waals surface area contributed by atoms with Crippen LogP contribution in [0.2, 0.25) is 0 Å². The van der Waals surface area contributed by atoms with E-state index in [2.05, 4.69) is 4.98 Å². The maximum absolute atomic E-state index is 11.5. The Morgan fingerprint density at radius 3 is 2.83 bits per heavy atom. The predicted octanol–water partition coefficient (Wildman–Crippen LogP) is 0.286. The third-order valence-electron chi connectivity index (χ3n) is 2.09. The molecule has 1 aliphatic heterocycles. The van der Waals surface area contributed by atoms with Gasteiger partial charge in [0.25, 0.3) is 0 Å². The van der Waals surface area contributed by atoms with Gasteiger partial charge in [-0.2, -0.15) is 0 Å². The second-order valence-corrected chi connectivity index (χ2v) is 3.01. The summed E-state index contributed by atoms with van der Waals surface area (Å²) in [5.74, 6) is 0.188. The fourth-order valence-electron chi connectivity index (χ4n) is 1.16. The average Bonchev–Trinajstić information content (AvgIpc) is 2.79. The summed E-state index contributed by atoms with van der Waals surface area (Å²) in [4.78, 5) is 17.2. The third-order valence-corrected chi connectivity index (χ3v) is 2.09. The van der Waals surface area contributed by atoms with Gasteiger partial charge in [-0.25, -0.2) is 4.98 Å². The van der Waals surface area contributed by atoms with Crippen LogP contribution in [-0.2, 0) is 4.79 Å². The molecule has 2 rings (SSSR count).